The van der Waals surface area contributed by atoms with Crippen LogP contribution in [0.5, 0.6) is 0 Å². The molecule has 0 saturated carbocycles. The number of aryl methyl sites for hydroxylation is 1. The maximum Gasteiger partial charge on any atom is 0.0351 e. The van der Waals surface area contributed by atoms with Crippen LogP contribution in [0.15, 0.2) is 60.2 Å². The highest BCUT2D eigenvalue weighted by Crippen LogP contribution is 2.37. The second kappa shape index (κ2) is 4.92. The minimum Gasteiger partial charge on any atom is -0.140 e. The van der Waals surface area contributed by atoms with Crippen LogP contribution < -0.4 is 0 Å². The third-order valence-electron chi connectivity index (χ3n) is 4.01. The normalized spacial score (nSPS) is 14.1. The van der Waals surface area contributed by atoms with Crippen LogP contribution in [-0.4, -0.2) is 0 Å². The molecule has 0 spiro atoms. The molecule has 4 rings (SSSR count). The van der Waals surface area contributed by atoms with E-state index in [1.807, 2.05) is 11.3 Å². The number of hydrogen-bond acceptors (Lipinski definition) is 1. The Morgan fingerprint density at radius 3 is 2.55 bits per heavy atom. The zero-order chi connectivity index (χ0) is 13.4. The monoisotopic (exact) mass is 276 g/mol. The fourth-order valence-corrected chi connectivity index (χ4v) is 4.19. The van der Waals surface area contributed by atoms with Crippen molar-refractivity contribution in [1.29, 1.82) is 0 Å². The molecule has 98 valence electrons. The molecular weight excluding hydrogens is 260 g/mol. The summed E-state index contributed by atoms with van der Waals surface area (Å²) in [6.07, 6.45) is 5.93. The predicted octanol–water partition coefficient (Wildman–Crippen LogP) is 5.47. The van der Waals surface area contributed by atoms with Crippen molar-refractivity contribution in [2.24, 2.45) is 0 Å². The molecule has 0 fully saturated rings. The van der Waals surface area contributed by atoms with Gasteiger partial charge in [-0.25, -0.2) is 0 Å². The number of fused-ring (bicyclic) bond motifs is 3. The number of allylic oxidation sites excluding steroid dienone is 1. The highest BCUT2D eigenvalue weighted by Gasteiger charge is 2.15. The fourth-order valence-electron chi connectivity index (χ4n) is 3.01. The first-order valence-electron chi connectivity index (χ1n) is 7.14. The van der Waals surface area contributed by atoms with E-state index in [4.69, 9.17) is 0 Å². The van der Waals surface area contributed by atoms with E-state index in [0.29, 0.717) is 0 Å². The summed E-state index contributed by atoms with van der Waals surface area (Å²) in [4.78, 5) is 1.56. The standard InChI is InChI=1S/C19H16S/c1-2-6-14(7-3-1)12-15-10-11-19-17(13-15)16-8-4-5-9-18(16)20-19/h1-9,13H,10-12H2. The molecule has 1 heterocycles. The summed E-state index contributed by atoms with van der Waals surface area (Å²) in [6.45, 7) is 0. The van der Waals surface area contributed by atoms with Crippen LogP contribution in [0, 0.1) is 0 Å². The van der Waals surface area contributed by atoms with Crippen molar-refractivity contribution in [2.45, 2.75) is 19.3 Å². The average molecular weight is 276 g/mol. The van der Waals surface area contributed by atoms with Crippen molar-refractivity contribution in [3.05, 3.63) is 76.2 Å². The predicted molar refractivity (Wildman–Crippen MR) is 88.3 cm³/mol. The lowest BCUT2D eigenvalue weighted by Crippen LogP contribution is -1.99. The second-order valence-electron chi connectivity index (χ2n) is 5.40. The molecule has 0 bridgehead atoms. The van der Waals surface area contributed by atoms with E-state index in [2.05, 4.69) is 60.7 Å². The van der Waals surface area contributed by atoms with Crippen LogP contribution in [-0.2, 0) is 12.8 Å². The molecule has 0 unspecified atom stereocenters. The maximum absolute atomic E-state index is 2.44. The Labute approximate surface area is 123 Å². The molecule has 0 N–H and O–H groups in total. The Kier molecular flexibility index (Phi) is 2.93. The van der Waals surface area contributed by atoms with Crippen LogP contribution in [0.1, 0.15) is 22.4 Å². The lowest BCUT2D eigenvalue weighted by atomic mass is 9.92. The van der Waals surface area contributed by atoms with Gasteiger partial charge in [-0.05, 0) is 41.8 Å². The van der Waals surface area contributed by atoms with Crippen LogP contribution in [0.25, 0.3) is 16.2 Å². The Morgan fingerprint density at radius 1 is 0.850 bits per heavy atom. The van der Waals surface area contributed by atoms with Gasteiger partial charge in [0.25, 0.3) is 0 Å². The summed E-state index contributed by atoms with van der Waals surface area (Å²) in [5, 5.41) is 1.43. The highest BCUT2D eigenvalue weighted by atomic mass is 32.1. The lowest BCUT2D eigenvalue weighted by molar-refractivity contribution is 0.905. The Balaban J connectivity index is 1.74. The average Bonchev–Trinajstić information content (AvgIpc) is 2.86. The minimum atomic E-state index is 1.09. The molecule has 1 aliphatic carbocycles. The number of hydrogen-bond donors (Lipinski definition) is 0. The van der Waals surface area contributed by atoms with E-state index in [1.165, 1.54) is 34.1 Å². The van der Waals surface area contributed by atoms with E-state index >= 15 is 0 Å². The van der Waals surface area contributed by atoms with E-state index in [9.17, 15) is 0 Å². The topological polar surface area (TPSA) is 0 Å². The molecule has 3 aromatic rings. The largest absolute Gasteiger partial charge is 0.140 e. The number of thiophene rings is 1. The van der Waals surface area contributed by atoms with Gasteiger partial charge in [0.05, 0.1) is 0 Å². The molecule has 0 atom stereocenters. The zero-order valence-electron chi connectivity index (χ0n) is 11.3. The third kappa shape index (κ3) is 2.08. The Hall–Kier alpha value is -1.86. The summed E-state index contributed by atoms with van der Waals surface area (Å²) in [7, 11) is 0. The molecule has 0 aliphatic heterocycles. The molecule has 1 aliphatic rings. The van der Waals surface area contributed by atoms with Crippen LogP contribution in [0.4, 0.5) is 0 Å². The van der Waals surface area contributed by atoms with Gasteiger partial charge in [-0.15, -0.1) is 11.3 Å². The molecular formula is C19H16S. The van der Waals surface area contributed by atoms with Gasteiger partial charge in [0.15, 0.2) is 0 Å². The summed E-state index contributed by atoms with van der Waals surface area (Å²) in [5.74, 6) is 0. The summed E-state index contributed by atoms with van der Waals surface area (Å²) >= 11 is 1.96. The van der Waals surface area contributed by atoms with Crippen molar-refractivity contribution < 1.29 is 0 Å². The fraction of sp³-hybridized carbons (Fsp3) is 0.158. The van der Waals surface area contributed by atoms with Gasteiger partial charge in [-0.2, -0.15) is 0 Å². The number of rotatable bonds is 2. The van der Waals surface area contributed by atoms with Gasteiger partial charge in [-0.3, -0.25) is 0 Å². The minimum absolute atomic E-state index is 1.09. The highest BCUT2D eigenvalue weighted by molar-refractivity contribution is 7.19. The van der Waals surface area contributed by atoms with Crippen molar-refractivity contribution in [1.82, 2.24) is 0 Å². The molecule has 0 nitrogen and oxygen atoms in total. The van der Waals surface area contributed by atoms with Crippen molar-refractivity contribution in [3.63, 3.8) is 0 Å². The van der Waals surface area contributed by atoms with Gasteiger partial charge in [0, 0.05) is 9.58 Å². The zero-order valence-corrected chi connectivity index (χ0v) is 12.1. The Morgan fingerprint density at radius 2 is 1.65 bits per heavy atom. The Bertz CT molecular complexity index is 778. The van der Waals surface area contributed by atoms with Gasteiger partial charge >= 0.3 is 0 Å². The lowest BCUT2D eigenvalue weighted by Gasteiger charge is -2.13. The molecule has 1 aromatic heterocycles. The van der Waals surface area contributed by atoms with Crippen LogP contribution in [0.3, 0.4) is 0 Å². The van der Waals surface area contributed by atoms with Crippen molar-refractivity contribution in [3.8, 4) is 0 Å². The third-order valence-corrected chi connectivity index (χ3v) is 5.25. The molecule has 1 heteroatoms. The smallest absolute Gasteiger partial charge is 0.0351 e. The van der Waals surface area contributed by atoms with Crippen molar-refractivity contribution in [2.75, 3.05) is 0 Å². The SMILES string of the molecule is C1=C(Cc2ccccc2)CCc2sc3ccccc3c21. The van der Waals surface area contributed by atoms with Gasteiger partial charge in [0.2, 0.25) is 0 Å². The molecule has 2 aromatic carbocycles. The first kappa shape index (κ1) is 11.9. The van der Waals surface area contributed by atoms with E-state index in [1.54, 1.807) is 10.5 Å². The van der Waals surface area contributed by atoms with E-state index in [-0.39, 0.29) is 0 Å². The summed E-state index contributed by atoms with van der Waals surface area (Å²) < 4.78 is 1.43. The summed E-state index contributed by atoms with van der Waals surface area (Å²) in [5.41, 5.74) is 4.46. The van der Waals surface area contributed by atoms with Gasteiger partial charge in [-0.1, -0.05) is 60.2 Å². The molecule has 20 heavy (non-hydrogen) atoms. The van der Waals surface area contributed by atoms with Crippen LogP contribution in [0.2, 0.25) is 0 Å². The second-order valence-corrected chi connectivity index (χ2v) is 6.54. The van der Waals surface area contributed by atoms with Gasteiger partial charge in [0.1, 0.15) is 0 Å². The van der Waals surface area contributed by atoms with Gasteiger partial charge < -0.3 is 0 Å². The van der Waals surface area contributed by atoms with Crippen LogP contribution >= 0.6 is 11.3 Å². The van der Waals surface area contributed by atoms with E-state index < -0.39 is 0 Å². The first-order valence-corrected chi connectivity index (χ1v) is 7.95. The van der Waals surface area contributed by atoms with E-state index in [0.717, 1.165) is 6.42 Å². The first-order chi connectivity index (χ1) is 9.90. The maximum atomic E-state index is 2.44. The number of benzene rings is 2. The summed E-state index contributed by atoms with van der Waals surface area (Å²) in [6, 6.07) is 19.6. The molecule has 0 amide bonds. The molecule has 0 saturated heterocycles. The quantitative estimate of drug-likeness (QED) is 0.582. The molecule has 0 radical (unpaired) electrons. The van der Waals surface area contributed by atoms with Crippen molar-refractivity contribution >= 4 is 27.5 Å².